The maximum Gasteiger partial charge on any atom is 0.290 e. The molecule has 1 aromatic carbocycles. The van der Waals surface area contributed by atoms with Crippen molar-refractivity contribution >= 4 is 23.0 Å². The third-order valence-corrected chi connectivity index (χ3v) is 5.72. The number of likely N-dealkylation sites (N-methyl/N-ethyl adjacent to an activating group) is 1. The number of hydrogen-bond acceptors (Lipinski definition) is 6. The number of aromatic nitrogens is 1. The Kier molecular flexibility index (Phi) is 5.62. The van der Waals surface area contributed by atoms with Crippen LogP contribution in [0.4, 0.5) is 4.39 Å². The van der Waals surface area contributed by atoms with Crippen LogP contribution in [0.15, 0.2) is 35.6 Å². The highest BCUT2D eigenvalue weighted by atomic mass is 32.1. The molecule has 2 aromatic rings. The van der Waals surface area contributed by atoms with Gasteiger partial charge in [-0.15, -0.1) is 11.3 Å². The molecule has 0 saturated carbocycles. The lowest BCUT2D eigenvalue weighted by molar-refractivity contribution is -0.129. The summed E-state index contributed by atoms with van der Waals surface area (Å²) in [6.07, 6.45) is 0. The van der Waals surface area contributed by atoms with Crippen LogP contribution in [0, 0.1) is 19.7 Å². The van der Waals surface area contributed by atoms with E-state index in [0.717, 1.165) is 0 Å². The Balaban J connectivity index is 2.12. The number of amides is 1. The Morgan fingerprint density at radius 1 is 1.32 bits per heavy atom. The van der Waals surface area contributed by atoms with Gasteiger partial charge in [0.1, 0.15) is 5.82 Å². The van der Waals surface area contributed by atoms with Crippen molar-refractivity contribution in [2.24, 2.45) is 0 Å². The summed E-state index contributed by atoms with van der Waals surface area (Å²) in [5, 5.41) is 11.3. The van der Waals surface area contributed by atoms with Gasteiger partial charge >= 0.3 is 0 Å². The van der Waals surface area contributed by atoms with Gasteiger partial charge in [-0.25, -0.2) is 9.37 Å². The minimum atomic E-state index is -0.983. The summed E-state index contributed by atoms with van der Waals surface area (Å²) < 4.78 is 14.6. The van der Waals surface area contributed by atoms with Crippen LogP contribution >= 0.6 is 11.3 Å². The van der Waals surface area contributed by atoms with Crippen LogP contribution in [-0.4, -0.2) is 58.8 Å². The van der Waals surface area contributed by atoms with E-state index >= 15 is 0 Å². The van der Waals surface area contributed by atoms with Crippen molar-refractivity contribution in [1.82, 2.24) is 14.8 Å². The van der Waals surface area contributed by atoms with Gasteiger partial charge < -0.3 is 14.9 Å². The second-order valence-electron chi connectivity index (χ2n) is 6.96. The highest BCUT2D eigenvalue weighted by Gasteiger charge is 2.45. The molecule has 0 fully saturated rings. The van der Waals surface area contributed by atoms with Crippen LogP contribution in [0.5, 0.6) is 0 Å². The van der Waals surface area contributed by atoms with E-state index < -0.39 is 29.3 Å². The average Bonchev–Trinajstić information content (AvgIpc) is 3.10. The minimum absolute atomic E-state index is 0.0967. The molecule has 148 valence electrons. The third kappa shape index (κ3) is 3.57. The molecule has 1 aromatic heterocycles. The first-order valence-corrected chi connectivity index (χ1v) is 9.66. The Morgan fingerprint density at radius 2 is 2.00 bits per heavy atom. The average molecular weight is 403 g/mol. The molecule has 1 aliphatic rings. The topological polar surface area (TPSA) is 73.7 Å². The van der Waals surface area contributed by atoms with Crippen LogP contribution in [0.25, 0.3) is 0 Å². The number of Topliss-reactive ketones (excluding diaryl/α,β-unsaturated/α-hetero) is 1. The molecule has 0 radical (unpaired) electrons. The van der Waals surface area contributed by atoms with Gasteiger partial charge in [0, 0.05) is 18.7 Å². The monoisotopic (exact) mass is 403 g/mol. The van der Waals surface area contributed by atoms with Gasteiger partial charge in [0.2, 0.25) is 5.78 Å². The van der Waals surface area contributed by atoms with Crippen molar-refractivity contribution in [3.05, 3.63) is 62.6 Å². The molecule has 0 saturated heterocycles. The summed E-state index contributed by atoms with van der Waals surface area (Å²) in [7, 11) is 3.70. The molecule has 1 atom stereocenters. The lowest BCUT2D eigenvalue weighted by atomic mass is 9.94. The van der Waals surface area contributed by atoms with Gasteiger partial charge in [0.25, 0.3) is 5.91 Å². The first kappa shape index (κ1) is 20.2. The number of benzene rings is 1. The number of rotatable bonds is 6. The number of aliphatic hydroxyl groups is 1. The first-order chi connectivity index (χ1) is 13.2. The summed E-state index contributed by atoms with van der Waals surface area (Å²) in [5.74, 6) is -2.32. The molecule has 0 spiro atoms. The fourth-order valence-electron chi connectivity index (χ4n) is 3.31. The summed E-state index contributed by atoms with van der Waals surface area (Å²) >= 11 is 1.20. The smallest absolute Gasteiger partial charge is 0.290 e. The zero-order valence-electron chi connectivity index (χ0n) is 16.2. The molecule has 0 aliphatic carbocycles. The number of halogens is 1. The predicted octanol–water partition coefficient (Wildman–Crippen LogP) is 3.04. The summed E-state index contributed by atoms with van der Waals surface area (Å²) in [6.45, 7) is 4.23. The summed E-state index contributed by atoms with van der Waals surface area (Å²) in [5.41, 5.74) is 0.612. The number of carbonyl (C=O) groups is 2. The maximum atomic E-state index is 14.6. The second kappa shape index (κ2) is 7.81. The third-order valence-electron chi connectivity index (χ3n) is 4.65. The Hall–Kier alpha value is -2.58. The molecule has 8 heteroatoms. The van der Waals surface area contributed by atoms with Crippen LogP contribution in [-0.2, 0) is 4.79 Å². The maximum absolute atomic E-state index is 14.6. The number of carbonyl (C=O) groups excluding carboxylic acids is 2. The van der Waals surface area contributed by atoms with E-state index in [9.17, 15) is 19.1 Å². The molecular weight excluding hydrogens is 381 g/mol. The Bertz CT molecular complexity index is 967. The Labute approximate surface area is 166 Å². The van der Waals surface area contributed by atoms with Gasteiger partial charge in [-0.1, -0.05) is 18.2 Å². The lowest BCUT2D eigenvalue weighted by Gasteiger charge is -2.28. The molecule has 1 N–H and O–H groups in total. The number of hydrogen-bond donors (Lipinski definition) is 1. The number of ketones is 1. The molecule has 28 heavy (non-hydrogen) atoms. The predicted molar refractivity (Wildman–Crippen MR) is 105 cm³/mol. The number of thiazole rings is 1. The van der Waals surface area contributed by atoms with E-state index in [-0.39, 0.29) is 17.7 Å². The van der Waals surface area contributed by atoms with Crippen molar-refractivity contribution in [3.8, 4) is 0 Å². The fourth-order valence-corrected chi connectivity index (χ4v) is 4.18. The normalized spacial score (nSPS) is 17.1. The number of aliphatic hydroxyl groups excluding tert-OH is 1. The lowest BCUT2D eigenvalue weighted by Crippen LogP contribution is -2.37. The van der Waals surface area contributed by atoms with Crippen LogP contribution < -0.4 is 0 Å². The van der Waals surface area contributed by atoms with Gasteiger partial charge in [0.15, 0.2) is 5.76 Å². The highest BCUT2D eigenvalue weighted by Crippen LogP contribution is 2.40. The highest BCUT2D eigenvalue weighted by molar-refractivity contribution is 7.14. The van der Waals surface area contributed by atoms with Gasteiger partial charge in [-0.3, -0.25) is 9.59 Å². The molecule has 0 bridgehead atoms. The zero-order valence-corrected chi connectivity index (χ0v) is 17.0. The van der Waals surface area contributed by atoms with Crippen molar-refractivity contribution in [2.75, 3.05) is 27.2 Å². The van der Waals surface area contributed by atoms with E-state index in [1.807, 2.05) is 19.0 Å². The van der Waals surface area contributed by atoms with Gasteiger partial charge in [-0.2, -0.15) is 0 Å². The second-order valence-corrected chi connectivity index (χ2v) is 8.17. The quantitative estimate of drug-likeness (QED) is 0.751. The fraction of sp³-hybridized carbons (Fsp3) is 0.350. The van der Waals surface area contributed by atoms with Crippen molar-refractivity contribution in [2.45, 2.75) is 19.9 Å². The molecule has 1 aliphatic heterocycles. The van der Waals surface area contributed by atoms with Crippen molar-refractivity contribution in [3.63, 3.8) is 0 Å². The van der Waals surface area contributed by atoms with Crippen LogP contribution in [0.1, 0.15) is 32.0 Å². The molecule has 6 nitrogen and oxygen atoms in total. The standard InChI is InChI=1S/C20H22FN3O3S/c1-11-19(28-12(2)22-11)17(25)15-16(13-7-5-6-8-14(13)21)24(10-9-23(3)4)20(27)18(15)26/h5-8,16,26H,9-10H2,1-4H3/t16-/m1/s1. The Morgan fingerprint density at radius 3 is 2.57 bits per heavy atom. The minimum Gasteiger partial charge on any atom is -0.503 e. The first-order valence-electron chi connectivity index (χ1n) is 8.84. The summed E-state index contributed by atoms with van der Waals surface area (Å²) in [4.78, 5) is 33.8. The zero-order chi connectivity index (χ0) is 20.6. The van der Waals surface area contributed by atoms with Gasteiger partial charge in [-0.05, 0) is 34.0 Å². The molecule has 1 amide bonds. The van der Waals surface area contributed by atoms with E-state index in [4.69, 9.17) is 0 Å². The van der Waals surface area contributed by atoms with Crippen LogP contribution in [0.3, 0.4) is 0 Å². The van der Waals surface area contributed by atoms with E-state index in [1.54, 1.807) is 26.0 Å². The van der Waals surface area contributed by atoms with E-state index in [2.05, 4.69) is 4.98 Å². The van der Waals surface area contributed by atoms with Crippen LogP contribution in [0.2, 0.25) is 0 Å². The molecule has 2 heterocycles. The number of nitrogens with zero attached hydrogens (tertiary/aromatic N) is 3. The van der Waals surface area contributed by atoms with E-state index in [0.29, 0.717) is 22.1 Å². The van der Waals surface area contributed by atoms with Gasteiger partial charge in [0.05, 0.1) is 27.2 Å². The molecule has 0 unspecified atom stereocenters. The van der Waals surface area contributed by atoms with Crippen molar-refractivity contribution in [1.29, 1.82) is 0 Å². The number of aryl methyl sites for hydroxylation is 2. The largest absolute Gasteiger partial charge is 0.503 e. The molecule has 3 rings (SSSR count). The summed E-state index contributed by atoms with van der Waals surface area (Å²) in [6, 6.07) is 5.02. The van der Waals surface area contributed by atoms with E-state index in [1.165, 1.54) is 28.4 Å². The SMILES string of the molecule is Cc1nc(C)c(C(=O)C2=C(O)C(=O)N(CCN(C)C)[C@@H]2c2ccccc2F)s1. The van der Waals surface area contributed by atoms with Crippen molar-refractivity contribution < 1.29 is 19.1 Å². The molecular formula is C20H22FN3O3S.